The molecule has 1 aliphatic carbocycles. The van der Waals surface area contributed by atoms with Gasteiger partial charge < -0.3 is 4.74 Å². The van der Waals surface area contributed by atoms with Gasteiger partial charge in [0.15, 0.2) is 11.6 Å². The van der Waals surface area contributed by atoms with Crippen molar-refractivity contribution in [1.82, 2.24) is 4.72 Å². The molecule has 0 atom stereocenters. The van der Waals surface area contributed by atoms with Crippen LogP contribution < -0.4 is 9.46 Å². The number of benzene rings is 2. The van der Waals surface area contributed by atoms with E-state index in [1.165, 1.54) is 12.1 Å². The van der Waals surface area contributed by atoms with Crippen LogP contribution in [0.15, 0.2) is 36.4 Å². The summed E-state index contributed by atoms with van der Waals surface area (Å²) in [7, 11) is -3.66. The zero-order valence-electron chi connectivity index (χ0n) is 14.6. The molecule has 7 heteroatoms. The second kappa shape index (κ2) is 7.07. The van der Waals surface area contributed by atoms with Crippen molar-refractivity contribution >= 4 is 15.9 Å². The predicted molar refractivity (Wildman–Crippen MR) is 96.1 cm³/mol. The van der Waals surface area contributed by atoms with Gasteiger partial charge in [0, 0.05) is 5.56 Å². The average Bonchev–Trinajstić information content (AvgIpc) is 3.41. The number of hydrogen-bond donors (Lipinski definition) is 1. The Balaban J connectivity index is 1.76. The van der Waals surface area contributed by atoms with E-state index in [-0.39, 0.29) is 17.9 Å². The minimum absolute atomic E-state index is 0.0344. The zero-order valence-corrected chi connectivity index (χ0v) is 15.4. The molecule has 0 aliphatic heterocycles. The molecule has 1 N–H and O–H groups in total. The highest BCUT2D eigenvalue weighted by molar-refractivity contribution is 7.91. The Labute approximate surface area is 152 Å². The van der Waals surface area contributed by atoms with Crippen molar-refractivity contribution < 1.29 is 22.3 Å². The number of halogens is 1. The van der Waals surface area contributed by atoms with E-state index in [9.17, 15) is 17.6 Å². The third-order valence-electron chi connectivity index (χ3n) is 4.41. The van der Waals surface area contributed by atoms with Crippen LogP contribution in [0.4, 0.5) is 4.39 Å². The first-order valence-electron chi connectivity index (χ1n) is 8.31. The molecule has 5 nitrogen and oxygen atoms in total. The number of carbonyl (C=O) groups excluding carboxylic acids is 1. The molecule has 0 bridgehead atoms. The molecule has 0 spiro atoms. The number of hydrogen-bond acceptors (Lipinski definition) is 4. The summed E-state index contributed by atoms with van der Waals surface area (Å²) in [5.41, 5.74) is 3.02. The summed E-state index contributed by atoms with van der Waals surface area (Å²) in [6.07, 6.45) is 1.10. The lowest BCUT2D eigenvalue weighted by molar-refractivity contribution is 0.0980. The topological polar surface area (TPSA) is 72.5 Å². The van der Waals surface area contributed by atoms with E-state index in [4.69, 9.17) is 4.74 Å². The molecule has 138 valence electrons. The lowest BCUT2D eigenvalue weighted by Crippen LogP contribution is -2.33. The first-order valence-corrected chi connectivity index (χ1v) is 9.86. The van der Waals surface area contributed by atoms with E-state index in [1.807, 2.05) is 36.8 Å². The van der Waals surface area contributed by atoms with E-state index in [1.54, 1.807) is 0 Å². The van der Waals surface area contributed by atoms with Gasteiger partial charge in [-0.05, 0) is 61.6 Å². The van der Waals surface area contributed by atoms with E-state index in [2.05, 4.69) is 0 Å². The van der Waals surface area contributed by atoms with E-state index in [0.717, 1.165) is 22.8 Å². The summed E-state index contributed by atoms with van der Waals surface area (Å²) in [6, 6.07) is 9.36. The monoisotopic (exact) mass is 377 g/mol. The normalized spacial score (nSPS) is 14.1. The van der Waals surface area contributed by atoms with Crippen LogP contribution in [0.25, 0.3) is 0 Å². The van der Waals surface area contributed by atoms with Gasteiger partial charge in [0.2, 0.25) is 10.0 Å². The quantitative estimate of drug-likeness (QED) is 0.839. The maximum Gasteiger partial charge on any atom is 0.264 e. The Morgan fingerprint density at radius 1 is 1.19 bits per heavy atom. The van der Waals surface area contributed by atoms with E-state index in [0.29, 0.717) is 12.8 Å². The minimum Gasteiger partial charge on any atom is -0.486 e. The van der Waals surface area contributed by atoms with Crippen LogP contribution in [0.5, 0.6) is 5.75 Å². The van der Waals surface area contributed by atoms with Crippen molar-refractivity contribution in [2.45, 2.75) is 38.5 Å². The number of aryl methyl sites for hydroxylation is 2. The largest absolute Gasteiger partial charge is 0.486 e. The van der Waals surface area contributed by atoms with Crippen molar-refractivity contribution in [3.63, 3.8) is 0 Å². The molecular formula is C19H20FNO4S. The Bertz CT molecular complexity index is 932. The van der Waals surface area contributed by atoms with Crippen molar-refractivity contribution in [3.8, 4) is 5.75 Å². The highest BCUT2D eigenvalue weighted by Gasteiger charge is 2.37. The minimum atomic E-state index is -3.66. The maximum absolute atomic E-state index is 14.0. The lowest BCUT2D eigenvalue weighted by atomic mass is 10.0. The van der Waals surface area contributed by atoms with Gasteiger partial charge in [-0.3, -0.25) is 4.79 Å². The number of rotatable bonds is 6. The highest BCUT2D eigenvalue weighted by atomic mass is 32.2. The van der Waals surface area contributed by atoms with Crippen LogP contribution in [0, 0.1) is 19.7 Å². The molecule has 0 unspecified atom stereocenters. The third kappa shape index (κ3) is 4.04. The molecule has 1 saturated carbocycles. The van der Waals surface area contributed by atoms with Gasteiger partial charge in [-0.1, -0.05) is 18.2 Å². The SMILES string of the molecule is Cc1cccc(C)c1COc1cc(C(=O)NS(=O)(=O)C2CC2)ccc1F. The molecule has 2 aromatic carbocycles. The third-order valence-corrected chi connectivity index (χ3v) is 6.23. The Morgan fingerprint density at radius 3 is 2.46 bits per heavy atom. The number of carbonyl (C=O) groups is 1. The summed E-state index contributed by atoms with van der Waals surface area (Å²) in [5, 5.41) is -0.508. The summed E-state index contributed by atoms with van der Waals surface area (Å²) in [4.78, 5) is 12.2. The molecule has 1 amide bonds. The molecule has 1 fully saturated rings. The Hall–Kier alpha value is -2.41. The van der Waals surface area contributed by atoms with Crippen LogP contribution in [0.3, 0.4) is 0 Å². The van der Waals surface area contributed by atoms with Crippen molar-refractivity contribution in [1.29, 1.82) is 0 Å². The standard InChI is InChI=1S/C19H20FNO4S/c1-12-4-3-5-13(2)16(12)11-25-18-10-14(6-9-17(18)20)19(22)21-26(23,24)15-7-8-15/h3-6,9-10,15H,7-8,11H2,1-2H3,(H,21,22). The van der Waals surface area contributed by atoms with Gasteiger partial charge in [-0.15, -0.1) is 0 Å². The van der Waals surface area contributed by atoms with Crippen LogP contribution in [0.1, 0.15) is 39.9 Å². The summed E-state index contributed by atoms with van der Waals surface area (Å²) < 4.78 is 45.4. The number of nitrogens with one attached hydrogen (secondary N) is 1. The van der Waals surface area contributed by atoms with Crippen LogP contribution in [-0.2, 0) is 16.6 Å². The number of sulfonamides is 1. The number of ether oxygens (including phenoxy) is 1. The second-order valence-corrected chi connectivity index (χ2v) is 8.44. The van der Waals surface area contributed by atoms with Gasteiger partial charge in [-0.2, -0.15) is 0 Å². The second-order valence-electron chi connectivity index (χ2n) is 6.48. The van der Waals surface area contributed by atoms with Crippen molar-refractivity contribution in [2.24, 2.45) is 0 Å². The molecular weight excluding hydrogens is 357 g/mol. The lowest BCUT2D eigenvalue weighted by Gasteiger charge is -2.13. The molecule has 0 heterocycles. The molecule has 0 radical (unpaired) electrons. The fourth-order valence-corrected chi connectivity index (χ4v) is 3.93. The van der Waals surface area contributed by atoms with Crippen LogP contribution in [-0.4, -0.2) is 19.6 Å². The van der Waals surface area contributed by atoms with Gasteiger partial charge >= 0.3 is 0 Å². The molecule has 1 aliphatic rings. The Kier molecular flexibility index (Phi) is 5.00. The molecule has 0 saturated heterocycles. The first-order chi connectivity index (χ1) is 12.3. The molecule has 2 aromatic rings. The Morgan fingerprint density at radius 2 is 1.85 bits per heavy atom. The first kappa shape index (κ1) is 18.4. The fourth-order valence-electron chi connectivity index (χ4n) is 2.63. The highest BCUT2D eigenvalue weighted by Crippen LogP contribution is 2.28. The van der Waals surface area contributed by atoms with E-state index >= 15 is 0 Å². The zero-order chi connectivity index (χ0) is 18.9. The van der Waals surface area contributed by atoms with Gasteiger partial charge in [-0.25, -0.2) is 17.5 Å². The van der Waals surface area contributed by atoms with Crippen LogP contribution >= 0.6 is 0 Å². The summed E-state index contributed by atoms with van der Waals surface area (Å²) in [6.45, 7) is 4.03. The van der Waals surface area contributed by atoms with Gasteiger partial charge in [0.25, 0.3) is 5.91 Å². The van der Waals surface area contributed by atoms with E-state index < -0.39 is 27.0 Å². The molecule has 0 aromatic heterocycles. The smallest absolute Gasteiger partial charge is 0.264 e. The summed E-state index contributed by atoms with van der Waals surface area (Å²) >= 11 is 0. The van der Waals surface area contributed by atoms with Crippen LogP contribution in [0.2, 0.25) is 0 Å². The number of amides is 1. The van der Waals surface area contributed by atoms with Gasteiger partial charge in [0.1, 0.15) is 6.61 Å². The molecule has 26 heavy (non-hydrogen) atoms. The fraction of sp³-hybridized carbons (Fsp3) is 0.316. The van der Waals surface area contributed by atoms with Crippen molar-refractivity contribution in [2.75, 3.05) is 0 Å². The predicted octanol–water partition coefficient (Wildman–Crippen LogP) is 3.24. The van der Waals surface area contributed by atoms with Gasteiger partial charge in [0.05, 0.1) is 5.25 Å². The maximum atomic E-state index is 14.0. The average molecular weight is 377 g/mol. The van der Waals surface area contributed by atoms with Crippen molar-refractivity contribution in [3.05, 3.63) is 64.5 Å². The summed E-state index contributed by atoms with van der Waals surface area (Å²) in [5.74, 6) is -1.49. The molecule has 3 rings (SSSR count).